The first-order valence-electron chi connectivity index (χ1n) is 6.17. The molecule has 0 saturated carbocycles. The number of hydrogen-bond donors (Lipinski definition) is 1. The van der Waals surface area contributed by atoms with Crippen LogP contribution in [0.25, 0.3) is 0 Å². The molecule has 0 aromatic heterocycles. The third-order valence-corrected chi connectivity index (χ3v) is 3.01. The predicted octanol–water partition coefficient (Wildman–Crippen LogP) is 1.34. The summed E-state index contributed by atoms with van der Waals surface area (Å²) in [5, 5.41) is 3.52. The molecule has 1 heterocycles. The summed E-state index contributed by atoms with van der Waals surface area (Å²) < 4.78 is 5.07. The molecule has 0 bridgehead atoms. The van der Waals surface area contributed by atoms with Crippen molar-refractivity contribution in [1.29, 1.82) is 0 Å². The van der Waals surface area contributed by atoms with E-state index in [0.29, 0.717) is 6.04 Å². The Balaban J connectivity index is 2.04. The van der Waals surface area contributed by atoms with Crippen molar-refractivity contribution in [2.45, 2.75) is 32.7 Å². The molecular weight excluding hydrogens is 188 g/mol. The smallest absolute Gasteiger partial charge is 0.0474 e. The van der Waals surface area contributed by atoms with Crippen molar-refractivity contribution in [1.82, 2.24) is 10.2 Å². The van der Waals surface area contributed by atoms with E-state index in [1.54, 1.807) is 7.11 Å². The molecule has 1 unspecified atom stereocenters. The molecule has 1 aliphatic heterocycles. The van der Waals surface area contributed by atoms with Gasteiger partial charge >= 0.3 is 0 Å². The molecule has 1 N–H and O–H groups in total. The first-order valence-corrected chi connectivity index (χ1v) is 6.17. The molecule has 15 heavy (non-hydrogen) atoms. The minimum absolute atomic E-state index is 0.618. The molecule has 0 spiro atoms. The summed E-state index contributed by atoms with van der Waals surface area (Å²) in [7, 11) is 1.78. The zero-order valence-electron chi connectivity index (χ0n) is 10.5. The van der Waals surface area contributed by atoms with Crippen molar-refractivity contribution in [3.05, 3.63) is 0 Å². The third-order valence-electron chi connectivity index (χ3n) is 3.01. The second-order valence-electron chi connectivity index (χ2n) is 4.86. The Morgan fingerprint density at radius 2 is 2.27 bits per heavy atom. The highest BCUT2D eigenvalue weighted by Crippen LogP contribution is 2.15. The van der Waals surface area contributed by atoms with Gasteiger partial charge in [-0.15, -0.1) is 0 Å². The average molecular weight is 214 g/mol. The number of ether oxygens (including phenoxy) is 1. The molecular formula is C12H26N2O. The van der Waals surface area contributed by atoms with Gasteiger partial charge in [-0.3, -0.25) is 0 Å². The fraction of sp³-hybridized carbons (Fsp3) is 1.00. The van der Waals surface area contributed by atoms with Gasteiger partial charge in [0.15, 0.2) is 0 Å². The Morgan fingerprint density at radius 3 is 2.93 bits per heavy atom. The number of likely N-dealkylation sites (tertiary alicyclic amines) is 1. The first-order chi connectivity index (χ1) is 7.22. The Morgan fingerprint density at radius 1 is 1.47 bits per heavy atom. The van der Waals surface area contributed by atoms with Crippen LogP contribution in [-0.2, 0) is 4.74 Å². The van der Waals surface area contributed by atoms with Crippen LogP contribution in [0.15, 0.2) is 0 Å². The van der Waals surface area contributed by atoms with Crippen molar-refractivity contribution in [3.63, 3.8) is 0 Å². The van der Waals surface area contributed by atoms with Gasteiger partial charge in [0.25, 0.3) is 0 Å². The summed E-state index contributed by atoms with van der Waals surface area (Å²) in [6.07, 6.45) is 2.52. The molecule has 3 heteroatoms. The van der Waals surface area contributed by atoms with Gasteiger partial charge in [0, 0.05) is 32.8 Å². The van der Waals surface area contributed by atoms with Crippen molar-refractivity contribution in [2.75, 3.05) is 39.9 Å². The molecule has 1 atom stereocenters. The van der Waals surface area contributed by atoms with Gasteiger partial charge in [0.05, 0.1) is 0 Å². The summed E-state index contributed by atoms with van der Waals surface area (Å²) in [5.74, 6) is 0.856. The van der Waals surface area contributed by atoms with E-state index >= 15 is 0 Å². The Labute approximate surface area is 94.2 Å². The molecule has 0 amide bonds. The van der Waals surface area contributed by atoms with Crippen molar-refractivity contribution >= 4 is 0 Å². The highest BCUT2D eigenvalue weighted by Gasteiger charge is 2.21. The monoisotopic (exact) mass is 214 g/mol. The lowest BCUT2D eigenvalue weighted by Gasteiger charge is -2.16. The van der Waals surface area contributed by atoms with Crippen LogP contribution in [-0.4, -0.2) is 50.8 Å². The van der Waals surface area contributed by atoms with Crippen molar-refractivity contribution < 1.29 is 4.74 Å². The van der Waals surface area contributed by atoms with E-state index in [-0.39, 0.29) is 0 Å². The zero-order valence-corrected chi connectivity index (χ0v) is 10.5. The van der Waals surface area contributed by atoms with Crippen LogP contribution in [0.5, 0.6) is 0 Å². The van der Waals surface area contributed by atoms with E-state index in [1.165, 1.54) is 39.0 Å². The highest BCUT2D eigenvalue weighted by atomic mass is 16.5. The topological polar surface area (TPSA) is 24.5 Å². The molecule has 0 aromatic rings. The Kier molecular flexibility index (Phi) is 6.22. The summed E-state index contributed by atoms with van der Waals surface area (Å²) in [4.78, 5) is 2.56. The fourth-order valence-corrected chi connectivity index (χ4v) is 2.12. The second kappa shape index (κ2) is 7.20. The molecule has 0 aromatic carbocycles. The van der Waals surface area contributed by atoms with Gasteiger partial charge in [-0.05, 0) is 31.8 Å². The molecule has 0 aliphatic carbocycles. The summed E-state index contributed by atoms with van der Waals surface area (Å²) in [6.45, 7) is 10.2. The van der Waals surface area contributed by atoms with Gasteiger partial charge in [0.2, 0.25) is 0 Å². The van der Waals surface area contributed by atoms with Gasteiger partial charge < -0.3 is 15.0 Å². The minimum atomic E-state index is 0.618. The van der Waals surface area contributed by atoms with Crippen LogP contribution < -0.4 is 5.32 Å². The Bertz CT molecular complexity index is 162. The van der Waals surface area contributed by atoms with Crippen molar-refractivity contribution in [3.8, 4) is 0 Å². The number of methoxy groups -OCH3 is 1. The molecule has 1 fully saturated rings. The maximum absolute atomic E-state index is 5.07. The maximum atomic E-state index is 5.07. The van der Waals surface area contributed by atoms with Crippen molar-refractivity contribution in [2.24, 2.45) is 5.92 Å². The predicted molar refractivity (Wildman–Crippen MR) is 64.2 cm³/mol. The van der Waals surface area contributed by atoms with E-state index < -0.39 is 0 Å². The maximum Gasteiger partial charge on any atom is 0.0474 e. The average Bonchev–Trinajstić information content (AvgIpc) is 2.63. The fourth-order valence-electron chi connectivity index (χ4n) is 2.12. The van der Waals surface area contributed by atoms with E-state index in [9.17, 15) is 0 Å². The van der Waals surface area contributed by atoms with E-state index in [1.807, 2.05) is 0 Å². The van der Waals surface area contributed by atoms with Crippen LogP contribution in [0.1, 0.15) is 26.7 Å². The molecule has 1 saturated heterocycles. The minimum Gasteiger partial charge on any atom is -0.385 e. The molecule has 1 rings (SSSR count). The molecule has 90 valence electrons. The van der Waals surface area contributed by atoms with Crippen LogP contribution in [0.3, 0.4) is 0 Å². The first kappa shape index (κ1) is 12.9. The second-order valence-corrected chi connectivity index (χ2v) is 4.86. The van der Waals surface area contributed by atoms with Gasteiger partial charge in [-0.1, -0.05) is 13.8 Å². The van der Waals surface area contributed by atoms with E-state index in [4.69, 9.17) is 4.74 Å². The lowest BCUT2D eigenvalue weighted by Crippen LogP contribution is -2.31. The number of nitrogens with zero attached hydrogens (tertiary/aromatic N) is 1. The van der Waals surface area contributed by atoms with Crippen LogP contribution in [0.2, 0.25) is 0 Å². The Hall–Kier alpha value is -0.120. The summed E-state index contributed by atoms with van der Waals surface area (Å²) in [5.41, 5.74) is 0. The number of nitrogens with one attached hydrogen (secondary N) is 1. The number of hydrogen-bond acceptors (Lipinski definition) is 3. The molecule has 0 radical (unpaired) electrons. The lowest BCUT2D eigenvalue weighted by atomic mass is 10.1. The number of rotatable bonds is 7. The molecule has 1 aliphatic rings. The highest BCUT2D eigenvalue weighted by molar-refractivity contribution is 4.77. The van der Waals surface area contributed by atoms with Crippen LogP contribution in [0, 0.1) is 5.92 Å². The largest absolute Gasteiger partial charge is 0.385 e. The normalized spacial score (nSPS) is 22.8. The lowest BCUT2D eigenvalue weighted by molar-refractivity contribution is 0.178. The third kappa shape index (κ3) is 5.50. The van der Waals surface area contributed by atoms with Crippen LogP contribution in [0.4, 0.5) is 0 Å². The standard InChI is InChI=1S/C12H26N2O/c1-11(2)13-9-12-5-7-14(10-12)6-4-8-15-3/h11-13H,4-10H2,1-3H3. The van der Waals surface area contributed by atoms with E-state index in [2.05, 4.69) is 24.1 Å². The SMILES string of the molecule is COCCCN1CCC(CNC(C)C)C1. The molecule has 3 nitrogen and oxygen atoms in total. The summed E-state index contributed by atoms with van der Waals surface area (Å²) >= 11 is 0. The quantitative estimate of drug-likeness (QED) is 0.647. The van der Waals surface area contributed by atoms with Gasteiger partial charge in [-0.25, -0.2) is 0 Å². The van der Waals surface area contributed by atoms with E-state index in [0.717, 1.165) is 12.5 Å². The summed E-state index contributed by atoms with van der Waals surface area (Å²) in [6, 6.07) is 0.618. The van der Waals surface area contributed by atoms with Crippen LogP contribution >= 0.6 is 0 Å². The zero-order chi connectivity index (χ0) is 11.1. The van der Waals surface area contributed by atoms with Gasteiger partial charge in [0.1, 0.15) is 0 Å². The van der Waals surface area contributed by atoms with Gasteiger partial charge in [-0.2, -0.15) is 0 Å².